The van der Waals surface area contributed by atoms with E-state index >= 15 is 0 Å². The fourth-order valence-corrected chi connectivity index (χ4v) is 2.01. The molecule has 1 amide bonds. The fraction of sp³-hybridized carbons (Fsp3) is 0.636. The molecule has 2 heterocycles. The Kier molecular flexibility index (Phi) is 4.75. The molecule has 0 radical (unpaired) electrons. The molecule has 9 nitrogen and oxygen atoms in total. The molecule has 20 heavy (non-hydrogen) atoms. The van der Waals surface area contributed by atoms with Crippen molar-refractivity contribution in [3.63, 3.8) is 0 Å². The molecule has 0 aromatic carbocycles. The number of aromatic nitrogens is 3. The predicted molar refractivity (Wildman–Crippen MR) is 74.3 cm³/mol. The lowest BCUT2D eigenvalue weighted by molar-refractivity contribution is 0.161. The zero-order valence-corrected chi connectivity index (χ0v) is 11.2. The first-order valence-corrected chi connectivity index (χ1v) is 6.58. The van der Waals surface area contributed by atoms with Gasteiger partial charge in [0.2, 0.25) is 17.8 Å². The van der Waals surface area contributed by atoms with Crippen LogP contribution in [0.2, 0.25) is 0 Å². The van der Waals surface area contributed by atoms with Crippen LogP contribution in [0.1, 0.15) is 19.3 Å². The van der Waals surface area contributed by atoms with Gasteiger partial charge in [-0.2, -0.15) is 15.0 Å². The van der Waals surface area contributed by atoms with E-state index in [4.69, 9.17) is 11.5 Å². The summed E-state index contributed by atoms with van der Waals surface area (Å²) in [5, 5.41) is 2.92. The second kappa shape index (κ2) is 6.73. The number of ether oxygens (including phenoxy) is 1. The van der Waals surface area contributed by atoms with Crippen molar-refractivity contribution in [2.45, 2.75) is 19.3 Å². The fourth-order valence-electron chi connectivity index (χ4n) is 2.01. The predicted octanol–water partition coefficient (Wildman–Crippen LogP) is -0.0487. The molecule has 9 heteroatoms. The number of nitrogens with zero attached hydrogens (tertiary/aromatic N) is 4. The summed E-state index contributed by atoms with van der Waals surface area (Å²) >= 11 is 0. The first-order chi connectivity index (χ1) is 9.65. The lowest BCUT2D eigenvalue weighted by Gasteiger charge is -2.26. The van der Waals surface area contributed by atoms with E-state index < -0.39 is 6.09 Å². The van der Waals surface area contributed by atoms with Gasteiger partial charge in [-0.25, -0.2) is 4.79 Å². The Morgan fingerprint density at radius 3 is 2.70 bits per heavy atom. The Balaban J connectivity index is 1.95. The van der Waals surface area contributed by atoms with Gasteiger partial charge in [0.15, 0.2) is 0 Å². The minimum Gasteiger partial charge on any atom is -0.448 e. The van der Waals surface area contributed by atoms with E-state index in [-0.39, 0.29) is 12.6 Å². The Labute approximate surface area is 116 Å². The summed E-state index contributed by atoms with van der Waals surface area (Å²) < 4.78 is 4.60. The third-order valence-corrected chi connectivity index (χ3v) is 2.91. The van der Waals surface area contributed by atoms with Gasteiger partial charge in [-0.3, -0.25) is 0 Å². The Bertz CT molecular complexity index is 462. The number of anilines is 3. The van der Waals surface area contributed by atoms with Gasteiger partial charge >= 0.3 is 6.09 Å². The Morgan fingerprint density at radius 1 is 1.25 bits per heavy atom. The number of rotatable bonds is 5. The highest BCUT2D eigenvalue weighted by Gasteiger charge is 2.15. The molecule has 110 valence electrons. The highest BCUT2D eigenvalue weighted by molar-refractivity contribution is 5.64. The molecule has 2 rings (SSSR count). The van der Waals surface area contributed by atoms with Crippen molar-refractivity contribution in [2.24, 2.45) is 5.73 Å². The van der Waals surface area contributed by atoms with E-state index in [1.807, 2.05) is 0 Å². The zero-order valence-electron chi connectivity index (χ0n) is 11.2. The summed E-state index contributed by atoms with van der Waals surface area (Å²) in [7, 11) is 0. The van der Waals surface area contributed by atoms with Crippen LogP contribution in [-0.2, 0) is 4.74 Å². The van der Waals surface area contributed by atoms with Crippen LogP contribution in [0, 0.1) is 0 Å². The smallest absolute Gasteiger partial charge is 0.404 e. The van der Waals surface area contributed by atoms with Crippen LogP contribution in [0.5, 0.6) is 0 Å². The lowest BCUT2D eigenvalue weighted by atomic mass is 10.1. The molecule has 0 unspecified atom stereocenters. The van der Waals surface area contributed by atoms with E-state index in [0.29, 0.717) is 18.4 Å². The molecular weight excluding hydrogens is 262 g/mol. The van der Waals surface area contributed by atoms with E-state index in [2.05, 4.69) is 29.9 Å². The van der Waals surface area contributed by atoms with E-state index in [9.17, 15) is 4.79 Å². The van der Waals surface area contributed by atoms with Crippen molar-refractivity contribution in [3.05, 3.63) is 0 Å². The summed E-state index contributed by atoms with van der Waals surface area (Å²) in [4.78, 5) is 25.0. The molecule has 0 bridgehead atoms. The van der Waals surface area contributed by atoms with Crippen molar-refractivity contribution < 1.29 is 9.53 Å². The first-order valence-electron chi connectivity index (χ1n) is 6.58. The number of amides is 1. The summed E-state index contributed by atoms with van der Waals surface area (Å²) in [6, 6.07) is 0. The zero-order chi connectivity index (χ0) is 14.4. The number of carbonyl (C=O) groups excluding carboxylic acids is 1. The van der Waals surface area contributed by atoms with E-state index in [1.165, 1.54) is 6.42 Å². The number of piperidine rings is 1. The molecule has 5 N–H and O–H groups in total. The van der Waals surface area contributed by atoms with Crippen LogP contribution in [0.15, 0.2) is 0 Å². The number of hydrogen-bond donors (Lipinski definition) is 3. The van der Waals surface area contributed by atoms with Crippen molar-refractivity contribution >= 4 is 23.9 Å². The molecule has 1 aliphatic heterocycles. The molecule has 1 aliphatic rings. The normalized spacial score (nSPS) is 14.9. The maximum absolute atomic E-state index is 10.4. The average Bonchev–Trinajstić information content (AvgIpc) is 2.44. The van der Waals surface area contributed by atoms with Crippen molar-refractivity contribution in [1.82, 2.24) is 15.0 Å². The van der Waals surface area contributed by atoms with Gasteiger partial charge in [-0.05, 0) is 19.3 Å². The van der Waals surface area contributed by atoms with Crippen LogP contribution >= 0.6 is 0 Å². The molecule has 0 saturated carbocycles. The Morgan fingerprint density at radius 2 is 2.00 bits per heavy atom. The average molecular weight is 281 g/mol. The molecule has 1 saturated heterocycles. The monoisotopic (exact) mass is 281 g/mol. The summed E-state index contributed by atoms with van der Waals surface area (Å²) in [6.07, 6.45) is 2.67. The highest BCUT2D eigenvalue weighted by Crippen LogP contribution is 2.17. The van der Waals surface area contributed by atoms with E-state index in [0.717, 1.165) is 25.9 Å². The molecule has 0 aliphatic carbocycles. The standard InChI is InChI=1S/C11H19N7O2/c12-8-15-10(14-4-7-20-9(13)19)17-11(16-8)18-5-2-1-3-6-18/h1-7H2,(H2,13,19)(H3,12,14,15,16,17). The van der Waals surface area contributed by atoms with Gasteiger partial charge in [0.05, 0.1) is 6.54 Å². The number of carbonyl (C=O) groups is 1. The highest BCUT2D eigenvalue weighted by atomic mass is 16.5. The SMILES string of the molecule is NC(=O)OCCNc1nc(N)nc(N2CCCCC2)n1. The van der Waals surface area contributed by atoms with Gasteiger partial charge in [-0.15, -0.1) is 0 Å². The van der Waals surface area contributed by atoms with Crippen molar-refractivity contribution in [2.75, 3.05) is 42.2 Å². The summed E-state index contributed by atoms with van der Waals surface area (Å²) in [5.74, 6) is 1.11. The molecular formula is C11H19N7O2. The summed E-state index contributed by atoms with van der Waals surface area (Å²) in [5.41, 5.74) is 10.5. The second-order valence-corrected chi connectivity index (χ2v) is 4.46. The van der Waals surface area contributed by atoms with Crippen molar-refractivity contribution in [1.29, 1.82) is 0 Å². The number of nitrogens with two attached hydrogens (primary N) is 2. The second-order valence-electron chi connectivity index (χ2n) is 4.46. The number of hydrogen-bond acceptors (Lipinski definition) is 8. The number of primary amides is 1. The molecule has 1 aromatic rings. The molecule has 1 aromatic heterocycles. The van der Waals surface area contributed by atoms with Crippen LogP contribution in [0.4, 0.5) is 22.6 Å². The number of nitrogens with one attached hydrogen (secondary N) is 1. The number of nitrogen functional groups attached to an aromatic ring is 1. The van der Waals surface area contributed by atoms with Crippen LogP contribution < -0.4 is 21.7 Å². The van der Waals surface area contributed by atoms with Gasteiger partial charge in [-0.1, -0.05) is 0 Å². The quantitative estimate of drug-likeness (QED) is 0.640. The molecule has 0 spiro atoms. The van der Waals surface area contributed by atoms with Crippen LogP contribution in [0.3, 0.4) is 0 Å². The topological polar surface area (TPSA) is 132 Å². The minimum absolute atomic E-state index is 0.139. The maximum atomic E-state index is 10.4. The molecule has 0 atom stereocenters. The van der Waals surface area contributed by atoms with E-state index in [1.54, 1.807) is 0 Å². The van der Waals surface area contributed by atoms with Crippen molar-refractivity contribution in [3.8, 4) is 0 Å². The van der Waals surface area contributed by atoms with Crippen LogP contribution in [0.25, 0.3) is 0 Å². The first kappa shape index (κ1) is 14.1. The van der Waals surface area contributed by atoms with Gasteiger partial charge in [0.1, 0.15) is 6.61 Å². The third-order valence-electron chi connectivity index (χ3n) is 2.91. The van der Waals surface area contributed by atoms with Gasteiger partial charge in [0, 0.05) is 13.1 Å². The third kappa shape index (κ3) is 4.11. The maximum Gasteiger partial charge on any atom is 0.404 e. The summed E-state index contributed by atoms with van der Waals surface area (Å²) in [6.45, 7) is 2.34. The minimum atomic E-state index is -0.809. The van der Waals surface area contributed by atoms with Gasteiger partial charge in [0.25, 0.3) is 0 Å². The largest absolute Gasteiger partial charge is 0.448 e. The van der Waals surface area contributed by atoms with Crippen LogP contribution in [-0.4, -0.2) is 47.3 Å². The Hall–Kier alpha value is -2.32. The lowest BCUT2D eigenvalue weighted by Crippen LogP contribution is -2.31. The van der Waals surface area contributed by atoms with Gasteiger partial charge < -0.3 is 26.4 Å². The molecule has 1 fully saturated rings.